The highest BCUT2D eigenvalue weighted by molar-refractivity contribution is 7.93. The zero-order valence-corrected chi connectivity index (χ0v) is 35.8. The van der Waals surface area contributed by atoms with Crippen LogP contribution in [0.3, 0.4) is 0 Å². The second kappa shape index (κ2) is 23.3. The quantitative estimate of drug-likeness (QED) is 0.0557. The minimum Gasteiger partial charge on any atom is -0.491 e. The smallest absolute Gasteiger partial charge is 0.264 e. The molecule has 0 aliphatic rings. The van der Waals surface area contributed by atoms with E-state index in [2.05, 4.69) is 13.8 Å². The Hall–Kier alpha value is -4.02. The van der Waals surface area contributed by atoms with Crippen molar-refractivity contribution in [1.29, 1.82) is 0 Å². The highest BCUT2D eigenvalue weighted by Crippen LogP contribution is 2.35. The van der Waals surface area contributed by atoms with Crippen LogP contribution in [0.1, 0.15) is 115 Å². The van der Waals surface area contributed by atoms with Gasteiger partial charge in [-0.25, -0.2) is 16.8 Å². The fraction of sp³-hybridized carbons (Fsp3) is 0.478. The summed E-state index contributed by atoms with van der Waals surface area (Å²) >= 11 is 0. The molecule has 4 aromatic carbocycles. The number of sulfonamides is 2. The van der Waals surface area contributed by atoms with E-state index in [0.29, 0.717) is 62.0 Å². The monoisotopic (exact) mass is 804 g/mol. The van der Waals surface area contributed by atoms with Crippen LogP contribution in [0.4, 0.5) is 11.4 Å². The first kappa shape index (κ1) is 44.7. The van der Waals surface area contributed by atoms with Crippen molar-refractivity contribution in [2.75, 3.05) is 34.9 Å². The summed E-state index contributed by atoms with van der Waals surface area (Å²) < 4.78 is 71.8. The van der Waals surface area contributed by atoms with Gasteiger partial charge in [-0.2, -0.15) is 0 Å². The Bertz CT molecular complexity index is 1810. The topological polar surface area (TPSA) is 93.2 Å². The Labute approximate surface area is 338 Å². The Kier molecular flexibility index (Phi) is 18.6. The van der Waals surface area contributed by atoms with Crippen LogP contribution >= 0.6 is 0 Å². The molecule has 306 valence electrons. The minimum absolute atomic E-state index is 0.263. The third-order valence-corrected chi connectivity index (χ3v) is 13.6. The number of aryl methyl sites for hydroxylation is 2. The van der Waals surface area contributed by atoms with Gasteiger partial charge in [-0.15, -0.1) is 0 Å². The SMILES string of the molecule is CCCCCCCCN(c1ccccc1OCCCCOc1ccccc1N(CCCCCCCC)S(=O)(=O)c1ccc(C)cc1)S(=O)(=O)c1ccc(C)cc1. The second-order valence-electron chi connectivity index (χ2n) is 14.7. The molecule has 0 saturated heterocycles. The van der Waals surface area contributed by atoms with Crippen LogP contribution in [-0.4, -0.2) is 43.1 Å². The molecule has 56 heavy (non-hydrogen) atoms. The van der Waals surface area contributed by atoms with Crippen molar-refractivity contribution in [3.8, 4) is 11.5 Å². The molecule has 0 spiro atoms. The van der Waals surface area contributed by atoms with Crippen LogP contribution in [0.15, 0.2) is 107 Å². The average Bonchev–Trinajstić information content (AvgIpc) is 3.19. The molecular formula is C46H64N2O6S2. The van der Waals surface area contributed by atoms with Gasteiger partial charge in [0, 0.05) is 13.1 Å². The molecule has 0 amide bonds. The lowest BCUT2D eigenvalue weighted by Gasteiger charge is -2.27. The zero-order valence-electron chi connectivity index (χ0n) is 34.1. The summed E-state index contributed by atoms with van der Waals surface area (Å²) in [6.07, 6.45) is 13.9. The van der Waals surface area contributed by atoms with Crippen LogP contribution in [0.5, 0.6) is 11.5 Å². The molecule has 0 radical (unpaired) electrons. The third kappa shape index (κ3) is 13.3. The lowest BCUT2D eigenvalue weighted by molar-refractivity contribution is 0.267. The van der Waals surface area contributed by atoms with Gasteiger partial charge in [0.05, 0.1) is 34.4 Å². The first-order valence-corrected chi connectivity index (χ1v) is 23.6. The van der Waals surface area contributed by atoms with Crippen molar-refractivity contribution in [3.05, 3.63) is 108 Å². The maximum absolute atomic E-state index is 14.1. The molecule has 10 heteroatoms. The normalized spacial score (nSPS) is 11.7. The number of unbranched alkanes of at least 4 members (excludes halogenated alkanes) is 11. The minimum atomic E-state index is -3.83. The summed E-state index contributed by atoms with van der Waals surface area (Å²) in [4.78, 5) is 0.525. The molecule has 0 bridgehead atoms. The largest absolute Gasteiger partial charge is 0.491 e. The fourth-order valence-corrected chi connectivity index (χ4v) is 9.65. The highest BCUT2D eigenvalue weighted by Gasteiger charge is 2.28. The molecule has 0 aliphatic heterocycles. The van der Waals surface area contributed by atoms with E-state index in [4.69, 9.17) is 9.47 Å². The predicted octanol–water partition coefficient (Wildman–Crippen LogP) is 11.7. The fourth-order valence-electron chi connectivity index (χ4n) is 6.63. The van der Waals surface area contributed by atoms with Crippen molar-refractivity contribution < 1.29 is 26.3 Å². The number of ether oxygens (including phenoxy) is 2. The molecule has 0 heterocycles. The summed E-state index contributed by atoms with van der Waals surface area (Å²) in [5.74, 6) is 1.04. The van der Waals surface area contributed by atoms with Gasteiger partial charge in [-0.3, -0.25) is 8.61 Å². The summed E-state index contributed by atoms with van der Waals surface area (Å²) in [6, 6.07) is 28.7. The van der Waals surface area contributed by atoms with Gasteiger partial charge in [-0.05, 0) is 88.1 Å². The van der Waals surface area contributed by atoms with E-state index in [9.17, 15) is 16.8 Å². The number of anilines is 2. The van der Waals surface area contributed by atoms with E-state index < -0.39 is 20.0 Å². The molecule has 0 fully saturated rings. The van der Waals surface area contributed by atoms with Crippen LogP contribution in [0, 0.1) is 13.8 Å². The maximum Gasteiger partial charge on any atom is 0.264 e. The second-order valence-corrected chi connectivity index (χ2v) is 18.4. The Morgan fingerprint density at radius 3 is 1.14 bits per heavy atom. The number of hydrogen-bond acceptors (Lipinski definition) is 6. The van der Waals surface area contributed by atoms with Crippen molar-refractivity contribution in [2.45, 2.75) is 127 Å². The molecule has 4 rings (SSSR count). The molecule has 4 aromatic rings. The van der Waals surface area contributed by atoms with Gasteiger partial charge in [-0.1, -0.05) is 138 Å². The molecule has 0 aromatic heterocycles. The van der Waals surface area contributed by atoms with E-state index >= 15 is 0 Å². The molecule has 8 nitrogen and oxygen atoms in total. The number of rotatable bonds is 27. The van der Waals surface area contributed by atoms with E-state index in [1.807, 2.05) is 86.6 Å². The lowest BCUT2D eigenvalue weighted by atomic mass is 10.1. The highest BCUT2D eigenvalue weighted by atomic mass is 32.2. The van der Waals surface area contributed by atoms with Gasteiger partial charge in [0.1, 0.15) is 11.5 Å². The Morgan fingerprint density at radius 1 is 0.429 bits per heavy atom. The van der Waals surface area contributed by atoms with Gasteiger partial charge < -0.3 is 9.47 Å². The maximum atomic E-state index is 14.1. The molecule has 0 N–H and O–H groups in total. The molecule has 0 saturated carbocycles. The van der Waals surface area contributed by atoms with Crippen molar-refractivity contribution in [3.63, 3.8) is 0 Å². The van der Waals surface area contributed by atoms with Gasteiger partial charge in [0.15, 0.2) is 0 Å². The Balaban J connectivity index is 1.42. The number of para-hydroxylation sites is 4. The predicted molar refractivity (Wildman–Crippen MR) is 231 cm³/mol. The van der Waals surface area contributed by atoms with Gasteiger partial charge in [0.2, 0.25) is 0 Å². The summed E-state index contributed by atoms with van der Waals surface area (Å²) in [7, 11) is -7.65. The molecular weight excluding hydrogens is 741 g/mol. The van der Waals surface area contributed by atoms with E-state index in [1.54, 1.807) is 24.3 Å². The number of benzene rings is 4. The number of nitrogens with zero attached hydrogens (tertiary/aromatic N) is 2. The van der Waals surface area contributed by atoms with Crippen LogP contribution in [-0.2, 0) is 20.0 Å². The third-order valence-electron chi connectivity index (χ3n) is 9.97. The summed E-state index contributed by atoms with van der Waals surface area (Å²) in [6.45, 7) is 9.73. The molecule has 0 aliphatic carbocycles. The standard InChI is InChI=1S/C46H64N2O6S2/c1-5-7-9-11-13-19-35-47(55(49,50)41-31-27-39(3)28-32-41)43-23-15-17-25-45(43)53-37-21-22-38-54-46-26-18-16-24-44(46)48(36-20-14-12-10-8-6-2)56(51,52)42-33-29-40(4)30-34-42/h15-18,23-34H,5-14,19-22,35-38H2,1-4H3. The molecule has 0 atom stereocenters. The average molecular weight is 805 g/mol. The first-order valence-electron chi connectivity index (χ1n) is 20.7. The van der Waals surface area contributed by atoms with Crippen molar-refractivity contribution in [2.24, 2.45) is 0 Å². The van der Waals surface area contributed by atoms with Crippen LogP contribution in [0.2, 0.25) is 0 Å². The Morgan fingerprint density at radius 2 is 0.768 bits per heavy atom. The van der Waals surface area contributed by atoms with Crippen LogP contribution in [0.25, 0.3) is 0 Å². The van der Waals surface area contributed by atoms with Crippen molar-refractivity contribution in [1.82, 2.24) is 0 Å². The zero-order chi connectivity index (χ0) is 40.2. The van der Waals surface area contributed by atoms with Crippen molar-refractivity contribution >= 4 is 31.4 Å². The molecule has 0 unspecified atom stereocenters. The first-order chi connectivity index (χ1) is 27.1. The number of hydrogen-bond donors (Lipinski definition) is 0. The van der Waals surface area contributed by atoms with E-state index in [1.165, 1.54) is 21.5 Å². The van der Waals surface area contributed by atoms with E-state index in [0.717, 1.165) is 75.3 Å². The van der Waals surface area contributed by atoms with Crippen LogP contribution < -0.4 is 18.1 Å². The lowest BCUT2D eigenvalue weighted by Crippen LogP contribution is -2.32. The van der Waals surface area contributed by atoms with E-state index in [-0.39, 0.29) is 9.79 Å². The summed E-state index contributed by atoms with van der Waals surface area (Å²) in [5.41, 5.74) is 3.07. The summed E-state index contributed by atoms with van der Waals surface area (Å²) in [5, 5.41) is 0. The van der Waals surface area contributed by atoms with Gasteiger partial charge in [0.25, 0.3) is 20.0 Å². The van der Waals surface area contributed by atoms with Gasteiger partial charge >= 0.3 is 0 Å².